The zero-order valence-corrected chi connectivity index (χ0v) is 14.4. The number of hydrogen-bond acceptors (Lipinski definition) is 6. The first-order chi connectivity index (χ1) is 11.7. The maximum Gasteiger partial charge on any atom is 0.249 e. The molecule has 2 N–H and O–H groups in total. The Bertz CT molecular complexity index is 536. The minimum absolute atomic E-state index is 0.0467. The fraction of sp³-hybridized carbons (Fsp3) is 0.824. The van der Waals surface area contributed by atoms with E-state index in [2.05, 4.69) is 27.3 Å². The van der Waals surface area contributed by atoms with Crippen LogP contribution in [0.4, 0.5) is 0 Å². The average molecular weight is 336 g/mol. The number of piperidine rings is 1. The Balaban J connectivity index is 1.41. The molecule has 1 aliphatic carbocycles. The van der Waals surface area contributed by atoms with Crippen LogP contribution in [0, 0.1) is 5.92 Å². The summed E-state index contributed by atoms with van der Waals surface area (Å²) in [4.78, 5) is 18.6. The highest BCUT2D eigenvalue weighted by atomic mass is 16.5. The van der Waals surface area contributed by atoms with Gasteiger partial charge in [0.2, 0.25) is 11.8 Å². The van der Waals surface area contributed by atoms with Crippen LogP contribution in [0.25, 0.3) is 0 Å². The summed E-state index contributed by atoms with van der Waals surface area (Å²) in [5, 5.41) is 17.1. The lowest BCUT2D eigenvalue weighted by atomic mass is 9.90. The predicted octanol–water partition coefficient (Wildman–Crippen LogP) is 1.26. The van der Waals surface area contributed by atoms with Crippen molar-refractivity contribution in [1.29, 1.82) is 0 Å². The summed E-state index contributed by atoms with van der Waals surface area (Å²) in [6.45, 7) is 4.50. The number of nitrogens with one attached hydrogen (secondary N) is 1. The maximum atomic E-state index is 11.9. The van der Waals surface area contributed by atoms with Crippen LogP contribution in [-0.2, 0) is 17.8 Å². The number of rotatable bonds is 8. The van der Waals surface area contributed by atoms with E-state index in [4.69, 9.17) is 4.52 Å². The Morgan fingerprint density at radius 1 is 1.38 bits per heavy atom. The molecule has 0 spiro atoms. The fourth-order valence-electron chi connectivity index (χ4n) is 3.14. The first-order valence-corrected chi connectivity index (χ1v) is 9.18. The molecular weight excluding hydrogens is 308 g/mol. The van der Waals surface area contributed by atoms with Crippen LogP contribution in [0.15, 0.2) is 4.52 Å². The normalized spacial score (nSPS) is 20.9. The molecule has 3 rings (SSSR count). The van der Waals surface area contributed by atoms with Crippen LogP contribution < -0.4 is 5.32 Å². The Morgan fingerprint density at radius 2 is 2.12 bits per heavy atom. The second-order valence-electron chi connectivity index (χ2n) is 7.05. The number of unbranched alkanes of at least 4 members (excludes halogenated alkanes) is 1. The van der Waals surface area contributed by atoms with Gasteiger partial charge in [0, 0.05) is 12.5 Å². The summed E-state index contributed by atoms with van der Waals surface area (Å²) in [6, 6.07) is 0.299. The van der Waals surface area contributed by atoms with Gasteiger partial charge in [-0.05, 0) is 51.1 Å². The monoisotopic (exact) mass is 336 g/mol. The van der Waals surface area contributed by atoms with Crippen LogP contribution in [0.1, 0.15) is 57.2 Å². The predicted molar refractivity (Wildman–Crippen MR) is 88.1 cm³/mol. The summed E-state index contributed by atoms with van der Waals surface area (Å²) in [5.74, 6) is 1.29. The molecule has 1 saturated heterocycles. The maximum absolute atomic E-state index is 11.9. The van der Waals surface area contributed by atoms with Crippen molar-refractivity contribution in [2.75, 3.05) is 13.1 Å². The largest absolute Gasteiger partial charge is 0.383 e. The molecule has 1 aromatic rings. The van der Waals surface area contributed by atoms with Crippen LogP contribution in [0.3, 0.4) is 0 Å². The highest BCUT2D eigenvalue weighted by Crippen LogP contribution is 2.24. The summed E-state index contributed by atoms with van der Waals surface area (Å²) in [7, 11) is 0. The van der Waals surface area contributed by atoms with E-state index in [-0.39, 0.29) is 11.8 Å². The molecule has 0 aromatic carbocycles. The van der Waals surface area contributed by atoms with Crippen molar-refractivity contribution >= 4 is 5.91 Å². The second kappa shape index (κ2) is 8.07. The molecule has 2 fully saturated rings. The Labute approximate surface area is 142 Å². The highest BCUT2D eigenvalue weighted by Gasteiger charge is 2.33. The lowest BCUT2D eigenvalue weighted by Gasteiger charge is -2.33. The molecule has 1 aliphatic heterocycles. The third kappa shape index (κ3) is 4.77. The molecule has 0 radical (unpaired) electrons. The van der Waals surface area contributed by atoms with E-state index < -0.39 is 6.10 Å². The number of carbonyl (C=O) groups excluding carboxylic acids is 1. The van der Waals surface area contributed by atoms with Crippen molar-refractivity contribution in [3.8, 4) is 0 Å². The number of aliphatic hydroxyl groups excluding tert-OH is 1. The van der Waals surface area contributed by atoms with Crippen LogP contribution >= 0.6 is 0 Å². The fourth-order valence-corrected chi connectivity index (χ4v) is 3.14. The van der Waals surface area contributed by atoms with Gasteiger partial charge in [0.05, 0.1) is 6.54 Å². The molecule has 7 nitrogen and oxygen atoms in total. The molecule has 24 heavy (non-hydrogen) atoms. The van der Waals surface area contributed by atoms with Crippen LogP contribution in [0.5, 0.6) is 0 Å². The van der Waals surface area contributed by atoms with E-state index in [1.165, 1.54) is 0 Å². The SMILES string of the molecule is CCCCc1nc(CN2CCC(C(O)C(=O)NC3CC3)CC2)no1. The molecular formula is C17H28N4O3. The van der Waals surface area contributed by atoms with Crippen molar-refractivity contribution in [3.63, 3.8) is 0 Å². The zero-order chi connectivity index (χ0) is 16.9. The number of aromatic nitrogens is 2. The number of likely N-dealkylation sites (tertiary alicyclic amines) is 1. The molecule has 0 bridgehead atoms. The Hall–Kier alpha value is -1.47. The summed E-state index contributed by atoms with van der Waals surface area (Å²) in [6.07, 6.45) is 5.87. The molecule has 1 amide bonds. The van der Waals surface area contributed by atoms with Crippen molar-refractivity contribution in [3.05, 3.63) is 11.7 Å². The van der Waals surface area contributed by atoms with Gasteiger partial charge in [-0.25, -0.2) is 0 Å². The minimum atomic E-state index is -0.876. The third-order valence-corrected chi connectivity index (χ3v) is 4.89. The van der Waals surface area contributed by atoms with Crippen LogP contribution in [-0.4, -0.2) is 51.3 Å². The van der Waals surface area contributed by atoms with Gasteiger partial charge >= 0.3 is 0 Å². The summed E-state index contributed by atoms with van der Waals surface area (Å²) >= 11 is 0. The van der Waals surface area contributed by atoms with Crippen LogP contribution in [0.2, 0.25) is 0 Å². The molecule has 134 valence electrons. The lowest BCUT2D eigenvalue weighted by molar-refractivity contribution is -0.133. The summed E-state index contributed by atoms with van der Waals surface area (Å²) < 4.78 is 5.26. The molecule has 1 atom stereocenters. The van der Waals surface area contributed by atoms with E-state index in [1.54, 1.807) is 0 Å². The zero-order valence-electron chi connectivity index (χ0n) is 14.4. The van der Waals surface area contributed by atoms with Gasteiger partial charge in [-0.1, -0.05) is 18.5 Å². The molecule has 1 unspecified atom stereocenters. The molecule has 1 saturated carbocycles. The Morgan fingerprint density at radius 3 is 2.79 bits per heavy atom. The number of aryl methyl sites for hydroxylation is 1. The first-order valence-electron chi connectivity index (χ1n) is 9.18. The molecule has 7 heteroatoms. The quantitative estimate of drug-likeness (QED) is 0.743. The van der Waals surface area contributed by atoms with E-state index in [9.17, 15) is 9.90 Å². The van der Waals surface area contributed by atoms with Gasteiger partial charge in [0.1, 0.15) is 6.10 Å². The van der Waals surface area contributed by atoms with E-state index in [1.807, 2.05) is 0 Å². The molecule has 2 aliphatic rings. The van der Waals surface area contributed by atoms with Gasteiger partial charge in [0.25, 0.3) is 0 Å². The standard InChI is InChI=1S/C17H28N4O3/c1-2-3-4-15-19-14(20-24-15)11-21-9-7-12(8-10-21)16(22)17(23)18-13-5-6-13/h12-13,16,22H,2-11H2,1H3,(H,18,23). The van der Waals surface area contributed by atoms with E-state index in [0.29, 0.717) is 18.5 Å². The van der Waals surface area contributed by atoms with E-state index >= 15 is 0 Å². The number of nitrogens with zero attached hydrogens (tertiary/aromatic N) is 3. The van der Waals surface area contributed by atoms with Crippen molar-refractivity contribution < 1.29 is 14.4 Å². The van der Waals surface area contributed by atoms with Gasteiger partial charge in [-0.2, -0.15) is 4.98 Å². The van der Waals surface area contributed by atoms with E-state index in [0.717, 1.165) is 63.9 Å². The second-order valence-corrected chi connectivity index (χ2v) is 7.05. The van der Waals surface area contributed by atoms with Crippen molar-refractivity contribution in [1.82, 2.24) is 20.4 Å². The molecule has 2 heterocycles. The number of hydrogen-bond donors (Lipinski definition) is 2. The third-order valence-electron chi connectivity index (χ3n) is 4.89. The highest BCUT2D eigenvalue weighted by molar-refractivity contribution is 5.81. The van der Waals surface area contributed by atoms with Gasteiger partial charge in [-0.3, -0.25) is 9.69 Å². The van der Waals surface area contributed by atoms with Gasteiger partial charge in [-0.15, -0.1) is 0 Å². The van der Waals surface area contributed by atoms with Gasteiger partial charge < -0.3 is 14.9 Å². The molecule has 1 aromatic heterocycles. The lowest BCUT2D eigenvalue weighted by Crippen LogP contribution is -2.45. The minimum Gasteiger partial charge on any atom is -0.383 e. The Kier molecular flexibility index (Phi) is 5.84. The number of aliphatic hydroxyl groups is 1. The number of amides is 1. The van der Waals surface area contributed by atoms with Crippen molar-refractivity contribution in [2.45, 2.75) is 70.6 Å². The van der Waals surface area contributed by atoms with Gasteiger partial charge in [0.15, 0.2) is 5.82 Å². The summed E-state index contributed by atoms with van der Waals surface area (Å²) in [5.41, 5.74) is 0. The number of carbonyl (C=O) groups is 1. The first kappa shape index (κ1) is 17.4. The van der Waals surface area contributed by atoms with Crippen molar-refractivity contribution in [2.24, 2.45) is 5.92 Å². The smallest absolute Gasteiger partial charge is 0.249 e. The average Bonchev–Trinajstić information content (AvgIpc) is 3.30. The topological polar surface area (TPSA) is 91.5 Å².